The number of sulfonamides is 1. The molecule has 20 heavy (non-hydrogen) atoms. The normalized spacial score (nSPS) is 10.9. The Hall–Kier alpha value is -1.93. The van der Waals surface area contributed by atoms with E-state index in [0.29, 0.717) is 11.3 Å². The van der Waals surface area contributed by atoms with E-state index in [-0.39, 0.29) is 12.3 Å². The van der Waals surface area contributed by atoms with Gasteiger partial charge in [0.15, 0.2) is 0 Å². The maximum absolute atomic E-state index is 11.6. The second kappa shape index (κ2) is 7.01. The van der Waals surface area contributed by atoms with Crippen LogP contribution in [0.4, 0.5) is 5.69 Å². The van der Waals surface area contributed by atoms with Gasteiger partial charge in [-0.25, -0.2) is 17.9 Å². The van der Waals surface area contributed by atoms with Crippen LogP contribution in [0, 0.1) is 0 Å². The number of carbonyl (C=O) groups is 2. The van der Waals surface area contributed by atoms with Gasteiger partial charge in [-0.15, -0.1) is 0 Å². The fourth-order valence-electron chi connectivity index (χ4n) is 1.32. The molecular weight excluding hydrogens is 284 g/mol. The Labute approximate surface area is 117 Å². The summed E-state index contributed by atoms with van der Waals surface area (Å²) in [6, 6.07) is 6.15. The first-order chi connectivity index (χ1) is 9.38. The molecule has 8 heteroatoms. The Bertz CT molecular complexity index is 598. The van der Waals surface area contributed by atoms with E-state index in [2.05, 4.69) is 14.8 Å². The van der Waals surface area contributed by atoms with Gasteiger partial charge < -0.3 is 10.1 Å². The number of ether oxygens (including phenoxy) is 1. The summed E-state index contributed by atoms with van der Waals surface area (Å²) in [6.45, 7) is 1.11. The lowest BCUT2D eigenvalue weighted by Gasteiger charge is -2.07. The highest BCUT2D eigenvalue weighted by atomic mass is 32.2. The summed E-state index contributed by atoms with van der Waals surface area (Å²) in [4.78, 5) is 22.9. The third kappa shape index (κ3) is 4.98. The first-order valence-corrected chi connectivity index (χ1v) is 7.48. The molecule has 1 rings (SSSR count). The average Bonchev–Trinajstić information content (AvgIpc) is 2.44. The Morgan fingerprint density at radius 2 is 2.00 bits per heavy atom. The fourth-order valence-corrected chi connectivity index (χ4v) is 1.88. The fraction of sp³-hybridized carbons (Fsp3) is 0.333. The molecule has 1 aromatic rings. The maximum atomic E-state index is 11.6. The summed E-state index contributed by atoms with van der Waals surface area (Å²) in [5.74, 6) is -1.14. The number of hydrogen-bond acceptors (Lipinski definition) is 5. The van der Waals surface area contributed by atoms with Gasteiger partial charge in [0.2, 0.25) is 15.9 Å². The van der Waals surface area contributed by atoms with Crippen LogP contribution in [-0.4, -0.2) is 39.7 Å². The highest BCUT2D eigenvalue weighted by Gasteiger charge is 2.11. The van der Waals surface area contributed by atoms with Crippen molar-refractivity contribution in [2.24, 2.45) is 0 Å². The second-order valence-corrected chi connectivity index (χ2v) is 5.94. The summed E-state index contributed by atoms with van der Waals surface area (Å²) in [6.07, 6.45) is 0. The molecule has 0 saturated carbocycles. The van der Waals surface area contributed by atoms with E-state index in [1.165, 1.54) is 20.1 Å². The Kier molecular flexibility index (Phi) is 5.66. The van der Waals surface area contributed by atoms with Crippen LogP contribution in [0.3, 0.4) is 0 Å². The van der Waals surface area contributed by atoms with E-state index < -0.39 is 21.9 Å². The largest absolute Gasteiger partial charge is 0.465 e. The summed E-state index contributed by atoms with van der Waals surface area (Å²) < 4.78 is 29.1. The van der Waals surface area contributed by atoms with Crippen molar-refractivity contribution in [3.05, 3.63) is 29.8 Å². The van der Waals surface area contributed by atoms with Crippen molar-refractivity contribution in [3.8, 4) is 0 Å². The molecule has 0 aromatic heterocycles. The molecule has 1 aromatic carbocycles. The van der Waals surface area contributed by atoms with Crippen molar-refractivity contribution < 1.29 is 22.7 Å². The number of carbonyl (C=O) groups excluding carboxylic acids is 2. The summed E-state index contributed by atoms with van der Waals surface area (Å²) in [5, 5.41) is 2.48. The van der Waals surface area contributed by atoms with Gasteiger partial charge in [-0.05, 0) is 25.1 Å². The van der Waals surface area contributed by atoms with E-state index in [1.807, 2.05) is 0 Å². The van der Waals surface area contributed by atoms with Crippen LogP contribution in [0.2, 0.25) is 0 Å². The zero-order valence-electron chi connectivity index (χ0n) is 11.2. The molecule has 7 nitrogen and oxygen atoms in total. The van der Waals surface area contributed by atoms with Crippen molar-refractivity contribution in [2.45, 2.75) is 6.92 Å². The van der Waals surface area contributed by atoms with Crippen molar-refractivity contribution in [1.29, 1.82) is 0 Å². The minimum atomic E-state index is -3.42. The van der Waals surface area contributed by atoms with Crippen molar-refractivity contribution in [2.75, 3.05) is 24.7 Å². The second-order valence-electron chi connectivity index (χ2n) is 3.85. The quantitative estimate of drug-likeness (QED) is 0.738. The first-order valence-electron chi connectivity index (χ1n) is 5.83. The van der Waals surface area contributed by atoms with E-state index in [4.69, 9.17) is 0 Å². The molecule has 0 aliphatic heterocycles. The van der Waals surface area contributed by atoms with Crippen LogP contribution in [0.5, 0.6) is 0 Å². The van der Waals surface area contributed by atoms with E-state index in [1.54, 1.807) is 18.2 Å². The molecule has 110 valence electrons. The van der Waals surface area contributed by atoms with Gasteiger partial charge in [-0.3, -0.25) is 4.79 Å². The molecule has 0 atom stereocenters. The third-order valence-corrected chi connectivity index (χ3v) is 3.74. The molecule has 0 aliphatic carbocycles. The van der Waals surface area contributed by atoms with Crippen LogP contribution in [0.25, 0.3) is 0 Å². The predicted octanol–water partition coefficient (Wildman–Crippen LogP) is 0.351. The van der Waals surface area contributed by atoms with E-state index in [0.717, 1.165) is 0 Å². The van der Waals surface area contributed by atoms with Gasteiger partial charge in [0.1, 0.15) is 0 Å². The Morgan fingerprint density at radius 1 is 1.30 bits per heavy atom. The van der Waals surface area contributed by atoms with E-state index in [9.17, 15) is 18.0 Å². The molecular formula is C12H16N2O5S. The maximum Gasteiger partial charge on any atom is 0.337 e. The lowest BCUT2D eigenvalue weighted by Crippen LogP contribution is -2.33. The Morgan fingerprint density at radius 3 is 2.60 bits per heavy atom. The van der Waals surface area contributed by atoms with Crippen molar-refractivity contribution in [3.63, 3.8) is 0 Å². The summed E-state index contributed by atoms with van der Waals surface area (Å²) >= 11 is 0. The molecule has 0 heterocycles. The summed E-state index contributed by atoms with van der Waals surface area (Å²) in [7, 11) is -2.16. The predicted molar refractivity (Wildman–Crippen MR) is 73.9 cm³/mol. The van der Waals surface area contributed by atoms with Crippen molar-refractivity contribution in [1.82, 2.24) is 4.72 Å². The molecule has 0 bridgehead atoms. The first kappa shape index (κ1) is 16.1. The number of methoxy groups -OCH3 is 1. The van der Waals surface area contributed by atoms with Crippen LogP contribution >= 0.6 is 0 Å². The molecule has 0 fully saturated rings. The zero-order valence-corrected chi connectivity index (χ0v) is 12.0. The number of amides is 1. The average molecular weight is 300 g/mol. The smallest absolute Gasteiger partial charge is 0.337 e. The van der Waals surface area contributed by atoms with Crippen molar-refractivity contribution >= 4 is 27.6 Å². The number of esters is 1. The minimum Gasteiger partial charge on any atom is -0.465 e. The van der Waals surface area contributed by atoms with Crippen LogP contribution < -0.4 is 10.0 Å². The van der Waals surface area contributed by atoms with Gasteiger partial charge in [-0.2, -0.15) is 0 Å². The molecule has 1 amide bonds. The molecule has 0 spiro atoms. The van der Waals surface area contributed by atoms with Gasteiger partial charge in [0, 0.05) is 5.69 Å². The third-order valence-electron chi connectivity index (χ3n) is 2.40. The SMILES string of the molecule is CCS(=O)(=O)NCC(=O)Nc1cccc(C(=O)OC)c1. The summed E-state index contributed by atoms with van der Waals surface area (Å²) in [5.41, 5.74) is 0.674. The highest BCUT2D eigenvalue weighted by Crippen LogP contribution is 2.11. The lowest BCUT2D eigenvalue weighted by molar-refractivity contribution is -0.115. The van der Waals surface area contributed by atoms with Gasteiger partial charge in [0.25, 0.3) is 0 Å². The van der Waals surface area contributed by atoms with Crippen LogP contribution in [0.1, 0.15) is 17.3 Å². The lowest BCUT2D eigenvalue weighted by atomic mass is 10.2. The van der Waals surface area contributed by atoms with E-state index >= 15 is 0 Å². The standard InChI is InChI=1S/C12H16N2O5S/c1-3-20(17,18)13-8-11(15)14-10-6-4-5-9(7-10)12(16)19-2/h4-7,13H,3,8H2,1-2H3,(H,14,15). The number of benzene rings is 1. The molecule has 0 radical (unpaired) electrons. The molecule has 2 N–H and O–H groups in total. The van der Waals surface area contributed by atoms with Crippen LogP contribution in [0.15, 0.2) is 24.3 Å². The highest BCUT2D eigenvalue weighted by molar-refractivity contribution is 7.89. The molecule has 0 unspecified atom stereocenters. The number of hydrogen-bond donors (Lipinski definition) is 2. The van der Waals surface area contributed by atoms with Gasteiger partial charge in [-0.1, -0.05) is 6.07 Å². The minimum absolute atomic E-state index is 0.0991. The van der Waals surface area contributed by atoms with Gasteiger partial charge >= 0.3 is 5.97 Å². The number of nitrogens with one attached hydrogen (secondary N) is 2. The molecule has 0 saturated heterocycles. The van der Waals surface area contributed by atoms with Crippen LogP contribution in [-0.2, 0) is 19.6 Å². The number of rotatable bonds is 6. The Balaban J connectivity index is 2.65. The zero-order chi connectivity index (χ0) is 15.2. The topological polar surface area (TPSA) is 102 Å². The van der Waals surface area contributed by atoms with Gasteiger partial charge in [0.05, 0.1) is 25.0 Å². The number of anilines is 1. The molecule has 0 aliphatic rings. The monoisotopic (exact) mass is 300 g/mol.